The average molecular weight is 522 g/mol. The van der Waals surface area contributed by atoms with E-state index in [9.17, 15) is 0 Å². The molecule has 1 aliphatic rings. The lowest BCUT2D eigenvalue weighted by Gasteiger charge is -2.11. The fourth-order valence-corrected chi connectivity index (χ4v) is 6.50. The molecule has 3 heteroatoms. The monoisotopic (exact) mass is 521 g/mol. The van der Waals surface area contributed by atoms with Crippen LogP contribution in [0.15, 0.2) is 140 Å². The smallest absolute Gasteiger partial charge is 0.160 e. The molecule has 0 atom stereocenters. The Morgan fingerprint density at radius 1 is 0.439 bits per heavy atom. The Bertz CT molecular complexity index is 2310. The van der Waals surface area contributed by atoms with E-state index in [4.69, 9.17) is 9.97 Å². The molecule has 0 radical (unpaired) electrons. The average Bonchev–Trinajstić information content (AvgIpc) is 3.55. The molecule has 0 fully saturated rings. The third-order valence-corrected chi connectivity index (χ3v) is 8.34. The van der Waals surface area contributed by atoms with E-state index in [1.165, 1.54) is 49.6 Å². The van der Waals surface area contributed by atoms with Crippen molar-refractivity contribution in [3.63, 3.8) is 0 Å². The van der Waals surface area contributed by atoms with Gasteiger partial charge in [0.2, 0.25) is 0 Å². The Morgan fingerprint density at radius 2 is 1.17 bits per heavy atom. The quantitative estimate of drug-likeness (QED) is 0.232. The fourth-order valence-electron chi connectivity index (χ4n) is 6.50. The molecule has 190 valence electrons. The van der Waals surface area contributed by atoms with Crippen LogP contribution in [0.1, 0.15) is 0 Å². The molecule has 3 nitrogen and oxygen atoms in total. The minimum atomic E-state index is 0.746. The Balaban J connectivity index is 1.24. The van der Waals surface area contributed by atoms with Crippen LogP contribution in [0, 0.1) is 0 Å². The second-order valence-electron chi connectivity index (χ2n) is 10.6. The van der Waals surface area contributed by atoms with E-state index in [1.807, 2.05) is 0 Å². The first kappa shape index (κ1) is 22.3. The maximum Gasteiger partial charge on any atom is 0.160 e. The van der Waals surface area contributed by atoms with Crippen LogP contribution in [0.3, 0.4) is 0 Å². The van der Waals surface area contributed by atoms with Gasteiger partial charge in [0, 0.05) is 33.0 Å². The molecule has 1 aliphatic carbocycles. The number of para-hydroxylation sites is 1. The van der Waals surface area contributed by atoms with Gasteiger partial charge in [0.1, 0.15) is 0 Å². The zero-order chi connectivity index (χ0) is 26.9. The van der Waals surface area contributed by atoms with Gasteiger partial charge in [0.25, 0.3) is 0 Å². The van der Waals surface area contributed by atoms with E-state index in [-0.39, 0.29) is 0 Å². The molecule has 0 spiro atoms. The fraction of sp³-hybridized carbons (Fsp3) is 0. The van der Waals surface area contributed by atoms with E-state index in [1.54, 1.807) is 0 Å². The van der Waals surface area contributed by atoms with Gasteiger partial charge in [-0.15, -0.1) is 0 Å². The van der Waals surface area contributed by atoms with Crippen LogP contribution in [-0.4, -0.2) is 14.5 Å². The molecule has 2 aromatic heterocycles. The molecular weight excluding hydrogens is 498 g/mol. The minimum absolute atomic E-state index is 0.746. The Morgan fingerprint density at radius 3 is 2.10 bits per heavy atom. The highest BCUT2D eigenvalue weighted by Gasteiger charge is 2.24. The highest BCUT2D eigenvalue weighted by molar-refractivity contribution is 6.13. The topological polar surface area (TPSA) is 30.7 Å². The van der Waals surface area contributed by atoms with Gasteiger partial charge in [0.05, 0.1) is 22.2 Å². The van der Waals surface area contributed by atoms with Crippen molar-refractivity contribution in [3.05, 3.63) is 140 Å². The van der Waals surface area contributed by atoms with Crippen LogP contribution in [0.5, 0.6) is 0 Å². The zero-order valence-corrected chi connectivity index (χ0v) is 22.1. The van der Waals surface area contributed by atoms with Crippen LogP contribution < -0.4 is 0 Å². The van der Waals surface area contributed by atoms with Gasteiger partial charge in [-0.05, 0) is 58.7 Å². The summed E-state index contributed by atoms with van der Waals surface area (Å²) in [4.78, 5) is 10.2. The highest BCUT2D eigenvalue weighted by Crippen LogP contribution is 2.46. The van der Waals surface area contributed by atoms with Gasteiger partial charge in [-0.3, -0.25) is 0 Å². The second kappa shape index (κ2) is 8.48. The predicted octanol–water partition coefficient (Wildman–Crippen LogP) is 9.71. The summed E-state index contributed by atoms with van der Waals surface area (Å²) in [5.41, 5.74) is 12.5. The first-order valence-corrected chi connectivity index (χ1v) is 13.9. The van der Waals surface area contributed by atoms with Crippen molar-refractivity contribution in [1.82, 2.24) is 14.5 Å². The molecule has 9 rings (SSSR count). The molecule has 0 aliphatic heterocycles. The van der Waals surface area contributed by atoms with Crippen molar-refractivity contribution in [3.8, 4) is 50.6 Å². The molecule has 0 N–H and O–H groups in total. The minimum Gasteiger partial charge on any atom is -0.309 e. The zero-order valence-electron chi connectivity index (χ0n) is 22.1. The molecule has 0 bridgehead atoms. The third-order valence-electron chi connectivity index (χ3n) is 8.34. The van der Waals surface area contributed by atoms with Gasteiger partial charge in [0.15, 0.2) is 5.82 Å². The largest absolute Gasteiger partial charge is 0.309 e. The lowest BCUT2D eigenvalue weighted by molar-refractivity contribution is 1.17. The molecule has 0 unspecified atom stereocenters. The van der Waals surface area contributed by atoms with Gasteiger partial charge in [-0.25, -0.2) is 9.97 Å². The van der Waals surface area contributed by atoms with Crippen LogP contribution in [0.4, 0.5) is 0 Å². The van der Waals surface area contributed by atoms with Crippen molar-refractivity contribution in [2.24, 2.45) is 0 Å². The van der Waals surface area contributed by atoms with Crippen LogP contribution >= 0.6 is 0 Å². The summed E-state index contributed by atoms with van der Waals surface area (Å²) < 4.78 is 2.36. The van der Waals surface area contributed by atoms with E-state index in [2.05, 4.69) is 144 Å². The Kier molecular flexibility index (Phi) is 4.61. The molecule has 2 heterocycles. The maximum atomic E-state index is 5.15. The molecule has 6 aromatic carbocycles. The molecule has 8 aromatic rings. The summed E-state index contributed by atoms with van der Waals surface area (Å²) in [5.74, 6) is 0.746. The number of rotatable bonds is 3. The summed E-state index contributed by atoms with van der Waals surface area (Å²) in [6.45, 7) is 0. The number of hydrogen-bond donors (Lipinski definition) is 0. The summed E-state index contributed by atoms with van der Waals surface area (Å²) in [7, 11) is 0. The van der Waals surface area contributed by atoms with Gasteiger partial charge in [-0.1, -0.05) is 103 Å². The normalized spacial score (nSPS) is 11.9. The summed E-state index contributed by atoms with van der Waals surface area (Å²) >= 11 is 0. The van der Waals surface area contributed by atoms with Crippen molar-refractivity contribution in [1.29, 1.82) is 0 Å². The van der Waals surface area contributed by atoms with Gasteiger partial charge in [-0.2, -0.15) is 0 Å². The van der Waals surface area contributed by atoms with Crippen molar-refractivity contribution in [2.45, 2.75) is 0 Å². The lowest BCUT2D eigenvalue weighted by atomic mass is 10.0. The Hall–Kier alpha value is -5.54. The number of aromatic nitrogens is 3. The number of benzene rings is 6. The molecular formula is C38H23N3. The number of fused-ring (bicyclic) bond motifs is 6. The van der Waals surface area contributed by atoms with Crippen LogP contribution in [0.25, 0.3) is 83.3 Å². The van der Waals surface area contributed by atoms with Crippen molar-refractivity contribution < 1.29 is 0 Å². The van der Waals surface area contributed by atoms with E-state index < -0.39 is 0 Å². The summed E-state index contributed by atoms with van der Waals surface area (Å²) in [6, 6.07) is 49.5. The van der Waals surface area contributed by atoms with E-state index in [0.29, 0.717) is 0 Å². The SMILES string of the molecule is c1ccc(-c2ccc3c(c2)c2ccccc2n3-c2cccc(-c3nc4c5c(cccc5n3)-c3ccccc3-4)c2)cc1. The van der Waals surface area contributed by atoms with E-state index in [0.717, 1.165) is 33.7 Å². The predicted molar refractivity (Wildman–Crippen MR) is 169 cm³/mol. The first-order valence-electron chi connectivity index (χ1n) is 13.9. The Labute approximate surface area is 237 Å². The second-order valence-corrected chi connectivity index (χ2v) is 10.6. The number of hydrogen-bond acceptors (Lipinski definition) is 2. The van der Waals surface area contributed by atoms with Crippen molar-refractivity contribution >= 4 is 32.7 Å². The number of nitrogens with zero attached hydrogens (tertiary/aromatic N) is 3. The highest BCUT2D eigenvalue weighted by atomic mass is 15.0. The molecule has 0 saturated heterocycles. The van der Waals surface area contributed by atoms with Crippen LogP contribution in [0.2, 0.25) is 0 Å². The van der Waals surface area contributed by atoms with Crippen molar-refractivity contribution in [2.75, 3.05) is 0 Å². The molecule has 0 saturated carbocycles. The third kappa shape index (κ3) is 3.26. The molecule has 41 heavy (non-hydrogen) atoms. The standard InChI is InChI=1S/C38H23N3/c1-2-10-24(11-3-1)25-20-21-35-32(23-25)29-15-6-7-19-34(29)41(35)27-13-8-12-26(22-27)38-39-33-18-9-17-30-28-14-4-5-16-31(28)37(40-38)36(30)33/h1-23H. The maximum absolute atomic E-state index is 5.15. The van der Waals surface area contributed by atoms with Gasteiger partial charge >= 0.3 is 0 Å². The summed E-state index contributed by atoms with van der Waals surface area (Å²) in [5, 5.41) is 3.63. The lowest BCUT2D eigenvalue weighted by Crippen LogP contribution is -1.97. The van der Waals surface area contributed by atoms with Crippen LogP contribution in [-0.2, 0) is 0 Å². The summed E-state index contributed by atoms with van der Waals surface area (Å²) in [6.07, 6.45) is 0. The molecule has 0 amide bonds. The van der Waals surface area contributed by atoms with Gasteiger partial charge < -0.3 is 4.57 Å². The first-order chi connectivity index (χ1) is 20.3. The van der Waals surface area contributed by atoms with E-state index >= 15 is 0 Å².